The molecule has 1 aliphatic rings. The molecule has 1 N–H and O–H groups in total. The number of rotatable bonds is 7. The first-order valence-electron chi connectivity index (χ1n) is 14.1. The van der Waals surface area contributed by atoms with Gasteiger partial charge in [-0.1, -0.05) is 77.9 Å². The Morgan fingerprint density at radius 1 is 0.878 bits per heavy atom. The Hall–Kier alpha value is -4.06. The van der Waals surface area contributed by atoms with Crippen LogP contribution in [0.2, 0.25) is 0 Å². The van der Waals surface area contributed by atoms with Gasteiger partial charge in [-0.05, 0) is 64.8 Å². The minimum atomic E-state index is -0.754. The van der Waals surface area contributed by atoms with Gasteiger partial charge in [0.05, 0.1) is 25.3 Å². The smallest absolute Gasteiger partial charge is 0.295 e. The van der Waals surface area contributed by atoms with Crippen LogP contribution in [0.3, 0.4) is 0 Å². The highest BCUT2D eigenvalue weighted by Gasteiger charge is 2.46. The SMILES string of the molecule is CCOc1ccc(/C(O)=C2/C(=O)C(=O)N(Cc3ccc(OC)cc3)C2c2ccc(C(C)(C)C)cc2)cc1C(C)(C)C. The molecule has 0 spiro atoms. The Labute approximate surface area is 243 Å². The van der Waals surface area contributed by atoms with Crippen LogP contribution in [0.15, 0.2) is 72.3 Å². The quantitative estimate of drug-likeness (QED) is 0.188. The third-order valence-electron chi connectivity index (χ3n) is 7.51. The van der Waals surface area contributed by atoms with Crippen LogP contribution in [0.4, 0.5) is 0 Å². The number of nitrogens with zero attached hydrogens (tertiary/aromatic N) is 1. The molecule has 0 saturated carbocycles. The number of benzene rings is 3. The first-order valence-corrected chi connectivity index (χ1v) is 14.1. The maximum Gasteiger partial charge on any atom is 0.295 e. The lowest BCUT2D eigenvalue weighted by molar-refractivity contribution is -0.140. The van der Waals surface area contributed by atoms with Crippen molar-refractivity contribution in [3.05, 3.63) is 100 Å². The maximum absolute atomic E-state index is 13.6. The van der Waals surface area contributed by atoms with Crippen LogP contribution in [0.25, 0.3) is 5.76 Å². The summed E-state index contributed by atoms with van der Waals surface area (Å²) in [7, 11) is 1.60. The van der Waals surface area contributed by atoms with Crippen molar-refractivity contribution in [3.63, 3.8) is 0 Å². The summed E-state index contributed by atoms with van der Waals surface area (Å²) in [4.78, 5) is 28.7. The molecule has 1 atom stereocenters. The van der Waals surface area contributed by atoms with E-state index >= 15 is 0 Å². The van der Waals surface area contributed by atoms with Gasteiger partial charge in [0.15, 0.2) is 0 Å². The van der Waals surface area contributed by atoms with Gasteiger partial charge in [-0.2, -0.15) is 0 Å². The van der Waals surface area contributed by atoms with Gasteiger partial charge in [-0.25, -0.2) is 0 Å². The molecular formula is C35H41NO5. The second kappa shape index (κ2) is 11.4. The molecule has 4 rings (SSSR count). The highest BCUT2D eigenvalue weighted by molar-refractivity contribution is 6.46. The molecule has 0 aromatic heterocycles. The molecule has 1 unspecified atom stereocenters. The first-order chi connectivity index (χ1) is 19.3. The number of carbonyl (C=O) groups is 2. The van der Waals surface area contributed by atoms with Crippen LogP contribution >= 0.6 is 0 Å². The molecule has 1 amide bonds. The molecule has 6 heteroatoms. The molecule has 1 saturated heterocycles. The second-order valence-electron chi connectivity index (χ2n) is 12.5. The number of hydrogen-bond acceptors (Lipinski definition) is 5. The lowest BCUT2D eigenvalue weighted by Crippen LogP contribution is -2.29. The Morgan fingerprint density at radius 3 is 2.05 bits per heavy atom. The van der Waals surface area contributed by atoms with E-state index in [4.69, 9.17) is 9.47 Å². The number of hydrogen-bond donors (Lipinski definition) is 1. The average Bonchev–Trinajstić information content (AvgIpc) is 3.17. The molecule has 6 nitrogen and oxygen atoms in total. The monoisotopic (exact) mass is 555 g/mol. The molecule has 0 radical (unpaired) electrons. The van der Waals surface area contributed by atoms with Gasteiger partial charge in [-0.15, -0.1) is 0 Å². The largest absolute Gasteiger partial charge is 0.507 e. The van der Waals surface area contributed by atoms with Crippen molar-refractivity contribution in [1.82, 2.24) is 4.90 Å². The summed E-state index contributed by atoms with van der Waals surface area (Å²) in [6.45, 7) is 15.2. The summed E-state index contributed by atoms with van der Waals surface area (Å²) in [6.07, 6.45) is 0. The van der Waals surface area contributed by atoms with E-state index < -0.39 is 17.7 Å². The van der Waals surface area contributed by atoms with E-state index in [9.17, 15) is 14.7 Å². The van der Waals surface area contributed by atoms with Crippen molar-refractivity contribution < 1.29 is 24.2 Å². The summed E-state index contributed by atoms with van der Waals surface area (Å²) >= 11 is 0. The predicted octanol–water partition coefficient (Wildman–Crippen LogP) is 7.31. The number of ether oxygens (including phenoxy) is 2. The Kier molecular flexibility index (Phi) is 8.34. The molecule has 3 aromatic rings. The van der Waals surface area contributed by atoms with Gasteiger partial charge in [0.1, 0.15) is 17.3 Å². The molecule has 3 aromatic carbocycles. The number of aliphatic hydroxyl groups excluding tert-OH is 1. The molecular weight excluding hydrogens is 514 g/mol. The van der Waals surface area contributed by atoms with Crippen LogP contribution in [0, 0.1) is 0 Å². The first kappa shape index (κ1) is 29.9. The number of ketones is 1. The highest BCUT2D eigenvalue weighted by Crippen LogP contribution is 2.42. The Bertz CT molecular complexity index is 1450. The van der Waals surface area contributed by atoms with Crippen molar-refractivity contribution in [3.8, 4) is 11.5 Å². The van der Waals surface area contributed by atoms with Gasteiger partial charge in [0.25, 0.3) is 11.7 Å². The number of Topliss-reactive ketones (excluding diaryl/α,β-unsaturated/α-hetero) is 1. The van der Waals surface area contributed by atoms with Gasteiger partial charge in [-0.3, -0.25) is 9.59 Å². The second-order valence-corrected chi connectivity index (χ2v) is 12.5. The fourth-order valence-corrected chi connectivity index (χ4v) is 5.18. The third-order valence-corrected chi connectivity index (χ3v) is 7.51. The van der Waals surface area contributed by atoms with E-state index in [-0.39, 0.29) is 28.7 Å². The normalized spacial score (nSPS) is 17.2. The molecule has 216 valence electrons. The molecule has 1 aliphatic heterocycles. The molecule has 41 heavy (non-hydrogen) atoms. The third kappa shape index (κ3) is 6.17. The van der Waals surface area contributed by atoms with Crippen molar-refractivity contribution in [2.75, 3.05) is 13.7 Å². The zero-order chi connectivity index (χ0) is 30.1. The maximum atomic E-state index is 13.6. The Balaban J connectivity index is 1.88. The fourth-order valence-electron chi connectivity index (χ4n) is 5.18. The predicted molar refractivity (Wildman–Crippen MR) is 162 cm³/mol. The van der Waals surface area contributed by atoms with Crippen LogP contribution in [-0.2, 0) is 27.0 Å². The van der Waals surface area contributed by atoms with Crippen LogP contribution < -0.4 is 9.47 Å². The van der Waals surface area contributed by atoms with E-state index in [1.165, 1.54) is 0 Å². The molecule has 0 bridgehead atoms. The summed E-state index contributed by atoms with van der Waals surface area (Å²) in [6, 6.07) is 20.0. The Morgan fingerprint density at radius 2 is 1.51 bits per heavy atom. The number of carbonyl (C=O) groups excluding carboxylic acids is 2. The lowest BCUT2D eigenvalue weighted by Gasteiger charge is -2.27. The van der Waals surface area contributed by atoms with Crippen molar-refractivity contribution in [1.29, 1.82) is 0 Å². The van der Waals surface area contributed by atoms with Gasteiger partial charge in [0.2, 0.25) is 0 Å². The zero-order valence-corrected chi connectivity index (χ0v) is 25.4. The van der Waals surface area contributed by atoms with E-state index in [1.54, 1.807) is 18.1 Å². The van der Waals surface area contributed by atoms with Crippen molar-refractivity contribution in [2.45, 2.75) is 71.9 Å². The average molecular weight is 556 g/mol. The number of amides is 1. The van der Waals surface area contributed by atoms with Crippen LogP contribution in [-0.4, -0.2) is 35.4 Å². The lowest BCUT2D eigenvalue weighted by atomic mass is 9.84. The number of methoxy groups -OCH3 is 1. The summed E-state index contributed by atoms with van der Waals surface area (Å²) in [5, 5.41) is 11.7. The highest BCUT2D eigenvalue weighted by atomic mass is 16.5. The topological polar surface area (TPSA) is 76.1 Å². The molecule has 1 heterocycles. The van der Waals surface area contributed by atoms with E-state index in [1.807, 2.05) is 67.6 Å². The van der Waals surface area contributed by atoms with Gasteiger partial charge >= 0.3 is 0 Å². The fraction of sp³-hybridized carbons (Fsp3) is 0.371. The molecule has 0 aliphatic carbocycles. The van der Waals surface area contributed by atoms with E-state index in [0.717, 1.165) is 28.0 Å². The van der Waals surface area contributed by atoms with Gasteiger partial charge < -0.3 is 19.5 Å². The number of likely N-dealkylation sites (tertiary alicyclic amines) is 1. The number of aliphatic hydroxyl groups is 1. The van der Waals surface area contributed by atoms with Crippen molar-refractivity contribution >= 4 is 17.4 Å². The zero-order valence-electron chi connectivity index (χ0n) is 25.4. The molecule has 1 fully saturated rings. The summed E-state index contributed by atoms with van der Waals surface area (Å²) < 4.78 is 11.1. The summed E-state index contributed by atoms with van der Waals surface area (Å²) in [5.74, 6) is -0.110. The van der Waals surface area contributed by atoms with Gasteiger partial charge in [0, 0.05) is 17.7 Å². The van der Waals surface area contributed by atoms with Crippen LogP contribution in [0.1, 0.15) is 82.3 Å². The summed E-state index contributed by atoms with van der Waals surface area (Å²) in [5.41, 5.74) is 3.86. The standard InChI is InChI=1S/C35H41NO5/c1-9-41-28-19-14-24(20-27(28)35(5,6)7)31(37)29-30(23-12-15-25(16-13-23)34(2,3)4)36(33(39)32(29)38)21-22-10-17-26(40-8)18-11-22/h10-20,30,37H,9,21H2,1-8H3/b31-29-. The minimum absolute atomic E-state index is 0.0604. The minimum Gasteiger partial charge on any atom is -0.507 e. The van der Waals surface area contributed by atoms with E-state index in [0.29, 0.717) is 17.9 Å². The van der Waals surface area contributed by atoms with E-state index in [2.05, 4.69) is 41.5 Å². The van der Waals surface area contributed by atoms with Crippen LogP contribution in [0.5, 0.6) is 11.5 Å². The van der Waals surface area contributed by atoms with Crippen molar-refractivity contribution in [2.24, 2.45) is 0 Å².